The summed E-state index contributed by atoms with van der Waals surface area (Å²) in [4.78, 5) is 0. The van der Waals surface area contributed by atoms with Crippen molar-refractivity contribution in [2.75, 3.05) is 0 Å². The number of nitrogens with one attached hydrogen (secondary N) is 1. The number of hydrazine groups is 1. The van der Waals surface area contributed by atoms with Crippen LogP contribution in [0.15, 0.2) is 30.0 Å². The largest absolute Gasteiger partial charge is 0.417 e. The SMILES string of the molecule is CC1=C2C=C(C(F)(F)F)c3cccc(c32)CN(C(C)C)N1. The van der Waals surface area contributed by atoms with Crippen molar-refractivity contribution in [3.8, 4) is 0 Å². The molecule has 0 unspecified atom stereocenters. The fourth-order valence-electron chi connectivity index (χ4n) is 2.91. The third-order valence-corrected chi connectivity index (χ3v) is 3.98. The van der Waals surface area contributed by atoms with Gasteiger partial charge in [-0.05, 0) is 43.5 Å². The van der Waals surface area contributed by atoms with Gasteiger partial charge in [-0.15, -0.1) is 0 Å². The molecule has 1 aliphatic carbocycles. The van der Waals surface area contributed by atoms with Gasteiger partial charge in [-0.3, -0.25) is 0 Å². The fraction of sp³-hybridized carbons (Fsp3) is 0.375. The Morgan fingerprint density at radius 2 is 1.95 bits per heavy atom. The molecular weight excluding hydrogens is 277 g/mol. The van der Waals surface area contributed by atoms with E-state index in [2.05, 4.69) is 19.3 Å². The molecule has 3 rings (SSSR count). The predicted octanol–water partition coefficient (Wildman–Crippen LogP) is 4.11. The Hall–Kier alpha value is -1.75. The van der Waals surface area contributed by atoms with Crippen molar-refractivity contribution in [1.29, 1.82) is 0 Å². The highest BCUT2D eigenvalue weighted by molar-refractivity contribution is 5.99. The lowest BCUT2D eigenvalue weighted by Gasteiger charge is -2.27. The van der Waals surface area contributed by atoms with E-state index in [1.807, 2.05) is 18.0 Å². The summed E-state index contributed by atoms with van der Waals surface area (Å²) in [5, 5.41) is 2.04. The number of allylic oxidation sites excluding steroid dienone is 4. The van der Waals surface area contributed by atoms with Crippen LogP contribution in [0.1, 0.15) is 37.5 Å². The Morgan fingerprint density at radius 3 is 2.57 bits per heavy atom. The maximum Gasteiger partial charge on any atom is 0.417 e. The van der Waals surface area contributed by atoms with Gasteiger partial charge in [0.05, 0.1) is 5.57 Å². The molecule has 1 aromatic carbocycles. The highest BCUT2D eigenvalue weighted by Gasteiger charge is 2.40. The van der Waals surface area contributed by atoms with E-state index in [9.17, 15) is 13.2 Å². The number of halogens is 3. The van der Waals surface area contributed by atoms with Crippen molar-refractivity contribution in [3.63, 3.8) is 0 Å². The zero-order valence-corrected chi connectivity index (χ0v) is 12.2. The first-order valence-electron chi connectivity index (χ1n) is 6.94. The number of nitrogens with zero attached hydrogens (tertiary/aromatic N) is 1. The third-order valence-electron chi connectivity index (χ3n) is 3.98. The molecule has 2 aliphatic rings. The molecule has 0 saturated heterocycles. The summed E-state index contributed by atoms with van der Waals surface area (Å²) < 4.78 is 39.6. The molecule has 0 spiro atoms. The maximum atomic E-state index is 13.2. The average Bonchev–Trinajstić information content (AvgIpc) is 2.71. The van der Waals surface area contributed by atoms with Crippen LogP contribution in [0.5, 0.6) is 0 Å². The van der Waals surface area contributed by atoms with Gasteiger partial charge in [0.1, 0.15) is 0 Å². The van der Waals surface area contributed by atoms with Crippen molar-refractivity contribution in [1.82, 2.24) is 10.4 Å². The first kappa shape index (κ1) is 14.2. The van der Waals surface area contributed by atoms with Crippen molar-refractivity contribution in [2.24, 2.45) is 0 Å². The third kappa shape index (κ3) is 2.25. The minimum absolute atomic E-state index is 0.251. The van der Waals surface area contributed by atoms with Gasteiger partial charge in [-0.1, -0.05) is 18.2 Å². The smallest absolute Gasteiger partial charge is 0.322 e. The molecule has 112 valence electrons. The van der Waals surface area contributed by atoms with E-state index in [0.717, 1.165) is 16.8 Å². The van der Waals surface area contributed by atoms with E-state index in [4.69, 9.17) is 0 Å². The zero-order chi connectivity index (χ0) is 15.4. The van der Waals surface area contributed by atoms with Gasteiger partial charge >= 0.3 is 6.18 Å². The molecule has 0 saturated carbocycles. The molecule has 0 atom stereocenters. The van der Waals surface area contributed by atoms with Gasteiger partial charge < -0.3 is 5.43 Å². The van der Waals surface area contributed by atoms with Crippen LogP contribution in [0.3, 0.4) is 0 Å². The van der Waals surface area contributed by atoms with Gasteiger partial charge in [0, 0.05) is 23.9 Å². The van der Waals surface area contributed by atoms with Crippen LogP contribution in [0.2, 0.25) is 0 Å². The number of rotatable bonds is 1. The molecule has 0 radical (unpaired) electrons. The summed E-state index contributed by atoms with van der Waals surface area (Å²) in [5.74, 6) is 0. The van der Waals surface area contributed by atoms with Gasteiger partial charge in [-0.2, -0.15) is 13.2 Å². The molecule has 0 bridgehead atoms. The summed E-state index contributed by atoms with van der Waals surface area (Å²) in [6, 6.07) is 5.42. The molecule has 5 heteroatoms. The number of hydrogen-bond acceptors (Lipinski definition) is 2. The molecule has 0 fully saturated rings. The molecule has 1 aromatic rings. The van der Waals surface area contributed by atoms with Gasteiger partial charge in [0.2, 0.25) is 0 Å². The van der Waals surface area contributed by atoms with E-state index in [1.165, 1.54) is 6.08 Å². The Bertz CT molecular complexity index is 654. The highest BCUT2D eigenvalue weighted by Crippen LogP contribution is 2.46. The molecule has 21 heavy (non-hydrogen) atoms. The zero-order valence-electron chi connectivity index (χ0n) is 12.2. The summed E-state index contributed by atoms with van der Waals surface area (Å²) in [5.41, 5.74) is 6.03. The first-order valence-corrected chi connectivity index (χ1v) is 6.94. The van der Waals surface area contributed by atoms with Gasteiger partial charge in [0.15, 0.2) is 0 Å². The lowest BCUT2D eigenvalue weighted by molar-refractivity contribution is -0.0687. The van der Waals surface area contributed by atoms with E-state index in [-0.39, 0.29) is 6.04 Å². The Labute approximate surface area is 121 Å². The van der Waals surface area contributed by atoms with Crippen LogP contribution in [-0.2, 0) is 6.54 Å². The lowest BCUT2D eigenvalue weighted by atomic mass is 9.97. The van der Waals surface area contributed by atoms with Crippen LogP contribution < -0.4 is 5.43 Å². The van der Waals surface area contributed by atoms with Crippen molar-refractivity contribution in [2.45, 2.75) is 39.5 Å². The molecule has 0 amide bonds. The van der Waals surface area contributed by atoms with E-state index < -0.39 is 11.7 Å². The summed E-state index contributed by atoms with van der Waals surface area (Å²) in [6.07, 6.45) is -3.06. The highest BCUT2D eigenvalue weighted by atomic mass is 19.4. The molecule has 2 nitrogen and oxygen atoms in total. The van der Waals surface area contributed by atoms with Gasteiger partial charge in [-0.25, -0.2) is 5.01 Å². The number of hydrogen-bond donors (Lipinski definition) is 1. The molecular formula is C16H17F3N2. The van der Waals surface area contributed by atoms with Crippen molar-refractivity contribution >= 4 is 11.1 Å². The standard InChI is InChI=1S/C16H17F3N2/c1-9(2)21-8-11-5-4-6-12-14(16(17,18)19)7-13(15(11)12)10(3)20-21/h4-7,9,20H,8H2,1-3H3. The van der Waals surface area contributed by atoms with Gasteiger partial charge in [0.25, 0.3) is 0 Å². The Balaban J connectivity index is 2.21. The minimum atomic E-state index is -4.33. The van der Waals surface area contributed by atoms with Crippen LogP contribution in [0, 0.1) is 0 Å². The van der Waals surface area contributed by atoms with Crippen molar-refractivity contribution < 1.29 is 13.2 Å². The summed E-state index contributed by atoms with van der Waals surface area (Å²) in [6.45, 7) is 6.52. The van der Waals surface area contributed by atoms with Crippen molar-refractivity contribution in [3.05, 3.63) is 46.7 Å². The minimum Gasteiger partial charge on any atom is -0.322 e. The van der Waals surface area contributed by atoms with E-state index in [1.54, 1.807) is 12.1 Å². The molecule has 1 heterocycles. The van der Waals surface area contributed by atoms with Crippen LogP contribution in [0.25, 0.3) is 11.1 Å². The van der Waals surface area contributed by atoms with Crippen LogP contribution >= 0.6 is 0 Å². The normalized spacial score (nSPS) is 18.5. The van der Waals surface area contributed by atoms with Crippen LogP contribution in [-0.4, -0.2) is 17.2 Å². The fourth-order valence-corrected chi connectivity index (χ4v) is 2.91. The monoisotopic (exact) mass is 294 g/mol. The molecule has 1 N–H and O–H groups in total. The van der Waals surface area contributed by atoms with Crippen LogP contribution in [0.4, 0.5) is 13.2 Å². The van der Waals surface area contributed by atoms with E-state index in [0.29, 0.717) is 17.7 Å². The Kier molecular flexibility index (Phi) is 3.13. The average molecular weight is 294 g/mol. The maximum absolute atomic E-state index is 13.2. The topological polar surface area (TPSA) is 15.3 Å². The quantitative estimate of drug-likeness (QED) is 0.838. The number of alkyl halides is 3. The lowest BCUT2D eigenvalue weighted by Crippen LogP contribution is -2.40. The van der Waals surface area contributed by atoms with E-state index >= 15 is 0 Å². The Morgan fingerprint density at radius 1 is 1.24 bits per heavy atom. The summed E-state index contributed by atoms with van der Waals surface area (Å²) in [7, 11) is 0. The second-order valence-corrected chi connectivity index (χ2v) is 5.77. The predicted molar refractivity (Wildman–Crippen MR) is 76.9 cm³/mol. The summed E-state index contributed by atoms with van der Waals surface area (Å²) >= 11 is 0. The molecule has 1 aliphatic heterocycles. The molecule has 0 aromatic heterocycles. The number of benzene rings is 1. The first-order chi connectivity index (χ1) is 9.79. The second kappa shape index (κ2) is 4.63. The second-order valence-electron chi connectivity index (χ2n) is 5.77.